The minimum absolute atomic E-state index is 0.00183. The van der Waals surface area contributed by atoms with Crippen LogP contribution in [0.3, 0.4) is 0 Å². The average Bonchev–Trinajstić information content (AvgIpc) is 2.57. The third-order valence-corrected chi connectivity index (χ3v) is 1.85. The van der Waals surface area contributed by atoms with Crippen LogP contribution >= 0.6 is 0 Å². The number of aromatic nitrogens is 1. The van der Waals surface area contributed by atoms with Crippen molar-refractivity contribution in [3.8, 4) is 0 Å². The number of rotatable bonds is 5. The van der Waals surface area contributed by atoms with Crippen LogP contribution < -0.4 is 0 Å². The Kier molecular flexibility index (Phi) is 4.15. The van der Waals surface area contributed by atoms with E-state index in [0.29, 0.717) is 0 Å². The summed E-state index contributed by atoms with van der Waals surface area (Å²) in [6, 6.07) is 0. The van der Waals surface area contributed by atoms with Crippen LogP contribution in [0.1, 0.15) is 43.5 Å². The number of hydrogen-bond donors (Lipinski definition) is 3. The van der Waals surface area contributed by atoms with E-state index in [2.05, 4.69) is 9.72 Å². The number of aliphatic hydroxyl groups is 3. The van der Waals surface area contributed by atoms with Gasteiger partial charge in [0.25, 0.3) is 6.43 Å². The lowest BCUT2D eigenvalue weighted by atomic mass is 10.1. The summed E-state index contributed by atoms with van der Waals surface area (Å²) in [6.07, 6.45) is -6.15. The normalized spacial score (nSPS) is 12.8. The van der Waals surface area contributed by atoms with Crippen LogP contribution in [0.2, 0.25) is 0 Å². The molecule has 1 aromatic rings. The predicted molar refractivity (Wildman–Crippen MR) is 49.7 cm³/mol. The molecular formula is C9H13F2NO5. The number of ether oxygens (including phenoxy) is 1. The zero-order valence-electron chi connectivity index (χ0n) is 9.22. The van der Waals surface area contributed by atoms with E-state index in [1.54, 1.807) is 13.8 Å². The molecular weight excluding hydrogens is 240 g/mol. The molecule has 0 atom stereocenters. The summed E-state index contributed by atoms with van der Waals surface area (Å²) in [6.45, 7) is 2.65. The van der Waals surface area contributed by atoms with Gasteiger partial charge < -0.3 is 19.7 Å². The second-order valence-corrected chi connectivity index (χ2v) is 3.68. The van der Waals surface area contributed by atoms with Crippen LogP contribution in [0.15, 0.2) is 4.42 Å². The summed E-state index contributed by atoms with van der Waals surface area (Å²) in [5.41, 5.74) is -0.516. The van der Waals surface area contributed by atoms with Gasteiger partial charge in [0.15, 0.2) is 0 Å². The van der Waals surface area contributed by atoms with E-state index in [-0.39, 0.29) is 17.6 Å². The maximum Gasteiger partial charge on any atom is 0.405 e. The van der Waals surface area contributed by atoms with E-state index in [1.807, 2.05) is 0 Å². The Balaban J connectivity index is 2.85. The Morgan fingerprint density at radius 3 is 2.29 bits per heavy atom. The van der Waals surface area contributed by atoms with Crippen LogP contribution in [0.25, 0.3) is 0 Å². The van der Waals surface area contributed by atoms with Crippen LogP contribution in [-0.2, 0) is 11.3 Å². The van der Waals surface area contributed by atoms with E-state index >= 15 is 0 Å². The van der Waals surface area contributed by atoms with Crippen LogP contribution in [0.4, 0.5) is 8.78 Å². The van der Waals surface area contributed by atoms with Crippen molar-refractivity contribution in [2.24, 2.45) is 0 Å². The third kappa shape index (κ3) is 4.00. The smallest absolute Gasteiger partial charge is 0.405 e. The van der Waals surface area contributed by atoms with Gasteiger partial charge in [-0.1, -0.05) is 13.8 Å². The van der Waals surface area contributed by atoms with Gasteiger partial charge in [0.1, 0.15) is 18.1 Å². The molecule has 0 aliphatic heterocycles. The van der Waals surface area contributed by atoms with Crippen LogP contribution in [0, 0.1) is 0 Å². The Morgan fingerprint density at radius 1 is 1.35 bits per heavy atom. The fraction of sp³-hybridized carbons (Fsp3) is 0.667. The summed E-state index contributed by atoms with van der Waals surface area (Å²) >= 11 is 0. The molecule has 0 aliphatic carbocycles. The van der Waals surface area contributed by atoms with Gasteiger partial charge in [0.2, 0.25) is 5.89 Å². The average molecular weight is 253 g/mol. The lowest BCUT2D eigenvalue weighted by Gasteiger charge is -2.11. The molecule has 0 amide bonds. The maximum absolute atomic E-state index is 12.6. The fourth-order valence-corrected chi connectivity index (χ4v) is 1.18. The molecule has 0 saturated heterocycles. The number of nitrogens with zero attached hydrogens (tertiary/aromatic N) is 1. The van der Waals surface area contributed by atoms with E-state index in [1.165, 1.54) is 0 Å². The summed E-state index contributed by atoms with van der Waals surface area (Å²) in [5.74, 6) is -0.578. The minimum Gasteiger partial charge on any atom is -0.442 e. The molecule has 0 aromatic carbocycles. The lowest BCUT2D eigenvalue weighted by molar-refractivity contribution is -0.459. The van der Waals surface area contributed by atoms with Gasteiger partial charge >= 0.3 is 6.16 Å². The van der Waals surface area contributed by atoms with E-state index in [9.17, 15) is 8.78 Å². The summed E-state index contributed by atoms with van der Waals surface area (Å²) in [4.78, 5) is 3.46. The summed E-state index contributed by atoms with van der Waals surface area (Å²) in [7, 11) is 0. The Morgan fingerprint density at radius 2 is 1.94 bits per heavy atom. The van der Waals surface area contributed by atoms with Crippen molar-refractivity contribution in [1.82, 2.24) is 4.98 Å². The minimum atomic E-state index is -3.35. The zero-order valence-corrected chi connectivity index (χ0v) is 9.22. The molecule has 8 heteroatoms. The molecule has 1 heterocycles. The highest BCUT2D eigenvalue weighted by atomic mass is 19.3. The summed E-state index contributed by atoms with van der Waals surface area (Å²) in [5, 5.41) is 25.3. The van der Waals surface area contributed by atoms with Crippen LogP contribution in [0.5, 0.6) is 0 Å². The van der Waals surface area contributed by atoms with Crippen molar-refractivity contribution < 1.29 is 33.3 Å². The Bertz CT molecular complexity index is 346. The Hall–Kier alpha value is -1.09. The van der Waals surface area contributed by atoms with Gasteiger partial charge in [-0.25, -0.2) is 13.8 Å². The second-order valence-electron chi connectivity index (χ2n) is 3.68. The molecule has 0 fully saturated rings. The zero-order chi connectivity index (χ0) is 13.2. The SMILES string of the molecule is CC(C)c1oc(COC(O)(O)O)nc1C(F)F. The van der Waals surface area contributed by atoms with Crippen molar-refractivity contribution in [2.75, 3.05) is 0 Å². The van der Waals surface area contributed by atoms with Gasteiger partial charge in [-0.2, -0.15) is 0 Å². The highest BCUT2D eigenvalue weighted by molar-refractivity contribution is 5.14. The Labute approximate surface area is 95.5 Å². The highest BCUT2D eigenvalue weighted by Crippen LogP contribution is 2.29. The standard InChI is InChI=1S/C9H13F2NO5/c1-4(2)7-6(8(10)11)12-5(17-7)3-16-9(13,14)15/h4,8,13-15H,3H2,1-2H3. The second kappa shape index (κ2) is 5.05. The highest BCUT2D eigenvalue weighted by Gasteiger charge is 2.25. The molecule has 1 aromatic heterocycles. The molecule has 0 bridgehead atoms. The van der Waals surface area contributed by atoms with Crippen molar-refractivity contribution in [2.45, 2.75) is 39.0 Å². The number of halogens is 2. The molecule has 3 N–H and O–H groups in total. The number of alkyl halides is 2. The molecule has 1 rings (SSSR count). The van der Waals surface area contributed by atoms with E-state index in [0.717, 1.165) is 0 Å². The number of hydrogen-bond acceptors (Lipinski definition) is 6. The summed E-state index contributed by atoms with van der Waals surface area (Å²) < 4.78 is 34.2. The largest absolute Gasteiger partial charge is 0.442 e. The first-order valence-electron chi connectivity index (χ1n) is 4.79. The molecule has 0 spiro atoms. The van der Waals surface area contributed by atoms with Crippen LogP contribution in [-0.4, -0.2) is 26.5 Å². The van der Waals surface area contributed by atoms with Crippen molar-refractivity contribution in [3.05, 3.63) is 17.3 Å². The molecule has 6 nitrogen and oxygen atoms in total. The van der Waals surface area contributed by atoms with Gasteiger partial charge in [-0.05, 0) is 0 Å². The first-order valence-corrected chi connectivity index (χ1v) is 4.79. The first kappa shape index (κ1) is 14.0. The van der Waals surface area contributed by atoms with Gasteiger partial charge in [0.05, 0.1) is 0 Å². The van der Waals surface area contributed by atoms with Crippen molar-refractivity contribution in [1.29, 1.82) is 0 Å². The van der Waals surface area contributed by atoms with Crippen molar-refractivity contribution in [3.63, 3.8) is 0 Å². The maximum atomic E-state index is 12.6. The molecule has 0 unspecified atom stereocenters. The van der Waals surface area contributed by atoms with Crippen molar-refractivity contribution >= 4 is 0 Å². The monoisotopic (exact) mass is 253 g/mol. The predicted octanol–water partition coefficient (Wildman–Crippen LogP) is 0.840. The molecule has 98 valence electrons. The lowest BCUT2D eigenvalue weighted by Crippen LogP contribution is -2.30. The van der Waals surface area contributed by atoms with E-state index < -0.39 is 24.9 Å². The topological polar surface area (TPSA) is 96.0 Å². The molecule has 0 saturated carbocycles. The number of oxazole rings is 1. The molecule has 0 radical (unpaired) electrons. The first-order chi connectivity index (χ1) is 7.70. The fourth-order valence-electron chi connectivity index (χ4n) is 1.18. The van der Waals surface area contributed by atoms with Gasteiger partial charge in [-0.3, -0.25) is 4.74 Å². The quantitative estimate of drug-likeness (QED) is 0.673. The molecule has 0 aliphatic rings. The van der Waals surface area contributed by atoms with E-state index in [4.69, 9.17) is 19.7 Å². The third-order valence-electron chi connectivity index (χ3n) is 1.85. The van der Waals surface area contributed by atoms with Gasteiger partial charge in [-0.15, -0.1) is 0 Å². The molecule has 17 heavy (non-hydrogen) atoms. The van der Waals surface area contributed by atoms with Gasteiger partial charge in [0, 0.05) is 5.92 Å².